The Kier molecular flexibility index (Phi) is 4.50. The molecule has 0 fully saturated rings. The molecule has 0 spiro atoms. The van der Waals surface area contributed by atoms with E-state index in [1.54, 1.807) is 29.7 Å². The highest BCUT2D eigenvalue weighted by Crippen LogP contribution is 2.11. The number of hydrogen-bond acceptors (Lipinski definition) is 3. The van der Waals surface area contributed by atoms with E-state index >= 15 is 0 Å². The highest BCUT2D eigenvalue weighted by Gasteiger charge is 1.97. The van der Waals surface area contributed by atoms with E-state index in [1.165, 1.54) is 6.07 Å². The lowest BCUT2D eigenvalue weighted by atomic mass is 10.1. The molecule has 1 radical (unpaired) electrons. The van der Waals surface area contributed by atoms with Gasteiger partial charge in [0.2, 0.25) is 0 Å². The topological polar surface area (TPSA) is 24.9 Å². The molecule has 2 nitrogen and oxygen atoms in total. The summed E-state index contributed by atoms with van der Waals surface area (Å²) in [5.74, 6) is -0.181. The van der Waals surface area contributed by atoms with Gasteiger partial charge in [-0.15, -0.1) is 11.3 Å². The number of hydrogen-bond donors (Lipinski definition) is 1. The van der Waals surface area contributed by atoms with Gasteiger partial charge in [0.15, 0.2) is 5.13 Å². The lowest BCUT2D eigenvalue weighted by Crippen LogP contribution is -2.01. The standard InChI is InChI=1S/C13H14FN2S/c14-12-6-3-5-11(10-12)4-1-2-7-15-13-16-8-9-17-13/h3,6,8-10H,1-2,4,7H2,(H,15,16). The SMILES string of the molecule is Fc1cc[c]c(CCCCNc2nccs2)c1. The first-order valence-corrected chi connectivity index (χ1v) is 6.52. The van der Waals surface area contributed by atoms with E-state index in [2.05, 4.69) is 16.4 Å². The summed E-state index contributed by atoms with van der Waals surface area (Å²) in [5.41, 5.74) is 0.944. The summed E-state index contributed by atoms with van der Waals surface area (Å²) in [6.07, 6.45) is 4.73. The maximum absolute atomic E-state index is 12.9. The zero-order valence-electron chi connectivity index (χ0n) is 9.45. The largest absolute Gasteiger partial charge is 0.362 e. The van der Waals surface area contributed by atoms with Crippen LogP contribution >= 0.6 is 11.3 Å². The fourth-order valence-corrected chi connectivity index (χ4v) is 2.13. The van der Waals surface area contributed by atoms with Crippen LogP contribution < -0.4 is 5.32 Å². The van der Waals surface area contributed by atoms with Gasteiger partial charge in [-0.2, -0.15) is 0 Å². The number of thiazole rings is 1. The molecule has 0 aliphatic rings. The quantitative estimate of drug-likeness (QED) is 0.792. The van der Waals surface area contributed by atoms with Crippen LogP contribution in [0.2, 0.25) is 0 Å². The van der Waals surface area contributed by atoms with Crippen molar-refractivity contribution in [3.8, 4) is 0 Å². The minimum absolute atomic E-state index is 0.181. The monoisotopic (exact) mass is 249 g/mol. The summed E-state index contributed by atoms with van der Waals surface area (Å²) in [7, 11) is 0. The van der Waals surface area contributed by atoms with Gasteiger partial charge in [0.25, 0.3) is 0 Å². The molecule has 2 rings (SSSR count). The van der Waals surface area contributed by atoms with Crippen molar-refractivity contribution in [1.82, 2.24) is 4.98 Å². The van der Waals surface area contributed by atoms with Gasteiger partial charge in [0.1, 0.15) is 5.82 Å². The highest BCUT2D eigenvalue weighted by molar-refractivity contribution is 7.13. The predicted octanol–water partition coefficient (Wildman–Crippen LogP) is 3.52. The molecule has 0 saturated carbocycles. The molecule has 1 N–H and O–H groups in total. The van der Waals surface area contributed by atoms with Gasteiger partial charge in [0, 0.05) is 18.1 Å². The van der Waals surface area contributed by atoms with E-state index in [-0.39, 0.29) is 5.82 Å². The number of halogens is 1. The normalized spacial score (nSPS) is 10.4. The van der Waals surface area contributed by atoms with Crippen LogP contribution in [0.5, 0.6) is 0 Å². The molecule has 0 bridgehead atoms. The van der Waals surface area contributed by atoms with Crippen LogP contribution in [-0.4, -0.2) is 11.5 Å². The second-order valence-electron chi connectivity index (χ2n) is 3.75. The van der Waals surface area contributed by atoms with Gasteiger partial charge >= 0.3 is 0 Å². The van der Waals surface area contributed by atoms with Crippen LogP contribution in [0.1, 0.15) is 18.4 Å². The third-order valence-corrected chi connectivity index (χ3v) is 3.14. The molecular weight excluding hydrogens is 235 g/mol. The fourth-order valence-electron chi connectivity index (χ4n) is 1.58. The van der Waals surface area contributed by atoms with Gasteiger partial charge in [-0.25, -0.2) is 9.37 Å². The van der Waals surface area contributed by atoms with Crippen molar-refractivity contribution in [1.29, 1.82) is 0 Å². The molecule has 0 saturated heterocycles. The lowest BCUT2D eigenvalue weighted by Gasteiger charge is -2.03. The molecule has 2 aromatic rings. The van der Waals surface area contributed by atoms with Crippen molar-refractivity contribution in [3.05, 3.63) is 47.2 Å². The minimum Gasteiger partial charge on any atom is -0.362 e. The second kappa shape index (κ2) is 6.35. The number of anilines is 1. The van der Waals surface area contributed by atoms with E-state index in [0.29, 0.717) is 0 Å². The van der Waals surface area contributed by atoms with E-state index in [0.717, 1.165) is 36.5 Å². The molecule has 0 unspecified atom stereocenters. The minimum atomic E-state index is -0.181. The smallest absolute Gasteiger partial charge is 0.182 e. The Bertz CT molecular complexity index is 442. The number of aryl methyl sites for hydroxylation is 1. The summed E-state index contributed by atoms with van der Waals surface area (Å²) >= 11 is 1.60. The average Bonchev–Trinajstić information content (AvgIpc) is 2.82. The molecule has 4 heteroatoms. The number of nitrogens with one attached hydrogen (secondary N) is 1. The molecule has 17 heavy (non-hydrogen) atoms. The molecule has 0 aliphatic heterocycles. The number of unbranched alkanes of at least 4 members (excludes halogenated alkanes) is 1. The molecule has 1 heterocycles. The van der Waals surface area contributed by atoms with Crippen molar-refractivity contribution in [2.75, 3.05) is 11.9 Å². The molecular formula is C13H14FN2S. The first-order valence-electron chi connectivity index (χ1n) is 5.64. The zero-order valence-corrected chi connectivity index (χ0v) is 10.3. The summed E-state index contributed by atoms with van der Waals surface area (Å²) in [4.78, 5) is 4.14. The van der Waals surface area contributed by atoms with Gasteiger partial charge in [0.05, 0.1) is 0 Å². The Morgan fingerprint density at radius 3 is 3.12 bits per heavy atom. The van der Waals surface area contributed by atoms with E-state index < -0.39 is 0 Å². The summed E-state index contributed by atoms with van der Waals surface area (Å²) in [6.45, 7) is 0.906. The van der Waals surface area contributed by atoms with E-state index in [4.69, 9.17) is 0 Å². The van der Waals surface area contributed by atoms with Crippen molar-refractivity contribution in [2.45, 2.75) is 19.3 Å². The van der Waals surface area contributed by atoms with E-state index in [9.17, 15) is 4.39 Å². The van der Waals surface area contributed by atoms with Crippen molar-refractivity contribution >= 4 is 16.5 Å². The number of rotatable bonds is 6. The summed E-state index contributed by atoms with van der Waals surface area (Å²) in [5, 5.41) is 6.15. The van der Waals surface area contributed by atoms with Crippen molar-refractivity contribution in [3.63, 3.8) is 0 Å². The van der Waals surface area contributed by atoms with Crippen LogP contribution in [0, 0.1) is 11.9 Å². The third-order valence-electron chi connectivity index (χ3n) is 2.40. The lowest BCUT2D eigenvalue weighted by molar-refractivity contribution is 0.623. The molecule has 0 aliphatic carbocycles. The predicted molar refractivity (Wildman–Crippen MR) is 68.8 cm³/mol. The zero-order chi connectivity index (χ0) is 11.9. The number of nitrogens with zero attached hydrogens (tertiary/aromatic N) is 1. The van der Waals surface area contributed by atoms with E-state index in [1.807, 2.05) is 5.38 Å². The van der Waals surface area contributed by atoms with Crippen LogP contribution in [0.3, 0.4) is 0 Å². The molecule has 1 aromatic carbocycles. The second-order valence-corrected chi connectivity index (χ2v) is 4.65. The van der Waals surface area contributed by atoms with Crippen LogP contribution in [-0.2, 0) is 6.42 Å². The van der Waals surface area contributed by atoms with Crippen LogP contribution in [0.15, 0.2) is 29.8 Å². The first-order chi connectivity index (χ1) is 8.34. The van der Waals surface area contributed by atoms with Gasteiger partial charge in [-0.3, -0.25) is 0 Å². The summed E-state index contributed by atoms with van der Waals surface area (Å²) < 4.78 is 12.9. The Hall–Kier alpha value is -1.42. The van der Waals surface area contributed by atoms with Crippen molar-refractivity contribution < 1.29 is 4.39 Å². The van der Waals surface area contributed by atoms with Gasteiger partial charge in [-0.05, 0) is 43.0 Å². The van der Waals surface area contributed by atoms with Crippen LogP contribution in [0.4, 0.5) is 9.52 Å². The van der Waals surface area contributed by atoms with Crippen LogP contribution in [0.25, 0.3) is 0 Å². The van der Waals surface area contributed by atoms with Crippen molar-refractivity contribution in [2.24, 2.45) is 0 Å². The maximum atomic E-state index is 12.9. The molecule has 89 valence electrons. The fraction of sp³-hybridized carbons (Fsp3) is 0.308. The average molecular weight is 249 g/mol. The molecule has 1 aromatic heterocycles. The first kappa shape index (κ1) is 12.0. The molecule has 0 amide bonds. The Labute approximate surface area is 105 Å². The maximum Gasteiger partial charge on any atom is 0.182 e. The third kappa shape index (κ3) is 4.15. The van der Waals surface area contributed by atoms with Gasteiger partial charge in [-0.1, -0.05) is 6.07 Å². The Balaban J connectivity index is 1.63. The highest BCUT2D eigenvalue weighted by atomic mass is 32.1. The van der Waals surface area contributed by atoms with Gasteiger partial charge < -0.3 is 5.32 Å². The Morgan fingerprint density at radius 2 is 2.35 bits per heavy atom. The summed E-state index contributed by atoms with van der Waals surface area (Å²) in [6, 6.07) is 7.65. The molecule has 0 atom stereocenters. The Morgan fingerprint density at radius 1 is 1.41 bits per heavy atom. The number of benzene rings is 1. The number of aromatic nitrogens is 1.